The van der Waals surface area contributed by atoms with Crippen molar-refractivity contribution in [1.29, 1.82) is 0 Å². The van der Waals surface area contributed by atoms with Crippen LogP contribution < -0.4 is 10.2 Å². The maximum Gasteiger partial charge on any atom is 0.416 e. The van der Waals surface area contributed by atoms with Gasteiger partial charge in [-0.15, -0.1) is 10.2 Å². The molecule has 1 fully saturated rings. The topological polar surface area (TPSA) is 58.1 Å². The Balaban J connectivity index is 1.35. The molecule has 1 aromatic heterocycles. The molecule has 33 heavy (non-hydrogen) atoms. The van der Waals surface area contributed by atoms with Gasteiger partial charge in [0.1, 0.15) is 0 Å². The molecule has 0 aliphatic carbocycles. The Morgan fingerprint density at radius 3 is 2.39 bits per heavy atom. The Morgan fingerprint density at radius 1 is 1.03 bits per heavy atom. The molecule has 0 spiro atoms. The number of alkyl halides is 3. The minimum atomic E-state index is -4.54. The van der Waals surface area contributed by atoms with Crippen LogP contribution in [-0.4, -0.2) is 29.2 Å². The van der Waals surface area contributed by atoms with Crippen molar-refractivity contribution in [2.45, 2.75) is 25.4 Å². The molecule has 0 bridgehead atoms. The number of carbonyl (C=O) groups excluding carboxylic acids is 1. The fourth-order valence-electron chi connectivity index (χ4n) is 3.91. The second-order valence-electron chi connectivity index (χ2n) is 8.04. The highest BCUT2D eigenvalue weighted by molar-refractivity contribution is 6.33. The number of hydrogen-bond donors (Lipinski definition) is 1. The Bertz CT molecular complexity index is 1100. The smallest absolute Gasteiger partial charge is 0.355 e. The molecule has 4 rings (SSSR count). The third kappa shape index (κ3) is 5.82. The van der Waals surface area contributed by atoms with E-state index in [1.165, 1.54) is 11.6 Å². The zero-order valence-electron chi connectivity index (χ0n) is 17.6. The van der Waals surface area contributed by atoms with Crippen LogP contribution in [0.3, 0.4) is 0 Å². The molecule has 0 unspecified atom stereocenters. The number of halogens is 4. The van der Waals surface area contributed by atoms with Gasteiger partial charge in [0.2, 0.25) is 0 Å². The summed E-state index contributed by atoms with van der Waals surface area (Å²) in [6, 6.07) is 16.4. The van der Waals surface area contributed by atoms with Gasteiger partial charge in [0, 0.05) is 13.1 Å². The van der Waals surface area contributed by atoms with Crippen LogP contribution in [0.2, 0.25) is 5.02 Å². The highest BCUT2D eigenvalue weighted by Crippen LogP contribution is 2.34. The lowest BCUT2D eigenvalue weighted by molar-refractivity contribution is -0.137. The zero-order chi connectivity index (χ0) is 23.4. The third-order valence-corrected chi connectivity index (χ3v) is 6.06. The molecule has 5 nitrogen and oxygen atoms in total. The third-order valence-electron chi connectivity index (χ3n) is 5.73. The van der Waals surface area contributed by atoms with E-state index < -0.39 is 17.6 Å². The average Bonchev–Trinajstić information content (AvgIpc) is 2.81. The van der Waals surface area contributed by atoms with Crippen molar-refractivity contribution in [3.05, 3.63) is 82.5 Å². The average molecular weight is 475 g/mol. The van der Waals surface area contributed by atoms with Crippen LogP contribution in [0.25, 0.3) is 0 Å². The van der Waals surface area contributed by atoms with E-state index in [0.717, 1.165) is 50.6 Å². The van der Waals surface area contributed by atoms with Crippen molar-refractivity contribution >= 4 is 29.0 Å². The van der Waals surface area contributed by atoms with Gasteiger partial charge in [-0.1, -0.05) is 41.9 Å². The molecular formula is C24H22ClF3N4O. The first-order chi connectivity index (χ1) is 15.8. The van der Waals surface area contributed by atoms with E-state index >= 15 is 0 Å². The molecular weight excluding hydrogens is 453 g/mol. The Kier molecular flexibility index (Phi) is 6.83. The summed E-state index contributed by atoms with van der Waals surface area (Å²) >= 11 is 5.94. The van der Waals surface area contributed by atoms with Crippen LogP contribution in [0.5, 0.6) is 0 Å². The zero-order valence-corrected chi connectivity index (χ0v) is 18.4. The summed E-state index contributed by atoms with van der Waals surface area (Å²) in [5.41, 5.74) is 0.292. The standard InChI is InChI=1S/C24H22ClF3N4O/c25-19-7-6-18(24(26,27)28)15-21(19)29-23(33)20-8-9-22(31-30-20)32-12-10-17(11-13-32)14-16-4-2-1-3-5-16/h1-9,15,17H,10-14H2,(H,29,33). The minimum Gasteiger partial charge on any atom is -0.355 e. The predicted molar refractivity (Wildman–Crippen MR) is 122 cm³/mol. The lowest BCUT2D eigenvalue weighted by Crippen LogP contribution is -2.35. The van der Waals surface area contributed by atoms with Gasteiger partial charge in [0.05, 0.1) is 16.3 Å². The molecule has 0 radical (unpaired) electrons. The van der Waals surface area contributed by atoms with Gasteiger partial charge in [-0.2, -0.15) is 13.2 Å². The van der Waals surface area contributed by atoms with Gasteiger partial charge in [-0.05, 0) is 61.1 Å². The molecule has 1 amide bonds. The van der Waals surface area contributed by atoms with Crippen molar-refractivity contribution in [1.82, 2.24) is 10.2 Å². The van der Waals surface area contributed by atoms with Gasteiger partial charge >= 0.3 is 6.18 Å². The quantitative estimate of drug-likeness (QED) is 0.503. The van der Waals surface area contributed by atoms with Crippen molar-refractivity contribution in [2.75, 3.05) is 23.3 Å². The number of carbonyl (C=O) groups is 1. The number of nitrogens with one attached hydrogen (secondary N) is 1. The van der Waals surface area contributed by atoms with E-state index in [4.69, 9.17) is 11.6 Å². The number of rotatable bonds is 5. The molecule has 2 heterocycles. The molecule has 172 valence electrons. The summed E-state index contributed by atoms with van der Waals surface area (Å²) in [6.07, 6.45) is -1.42. The number of hydrogen-bond acceptors (Lipinski definition) is 4. The number of benzene rings is 2. The lowest BCUT2D eigenvalue weighted by atomic mass is 9.90. The molecule has 0 atom stereocenters. The molecule has 2 aromatic carbocycles. The second-order valence-corrected chi connectivity index (χ2v) is 8.45. The second kappa shape index (κ2) is 9.79. The maximum atomic E-state index is 12.9. The summed E-state index contributed by atoms with van der Waals surface area (Å²) in [7, 11) is 0. The van der Waals surface area contributed by atoms with Crippen molar-refractivity contribution in [3.8, 4) is 0 Å². The highest BCUT2D eigenvalue weighted by atomic mass is 35.5. The van der Waals surface area contributed by atoms with Crippen molar-refractivity contribution < 1.29 is 18.0 Å². The summed E-state index contributed by atoms with van der Waals surface area (Å²) in [5, 5.41) is 10.5. The number of piperidine rings is 1. The normalized spacial score (nSPS) is 14.8. The SMILES string of the molecule is O=C(Nc1cc(C(F)(F)F)ccc1Cl)c1ccc(N2CCC(Cc3ccccc3)CC2)nn1. The summed E-state index contributed by atoms with van der Waals surface area (Å²) in [6.45, 7) is 1.69. The van der Waals surface area contributed by atoms with Crippen molar-refractivity contribution in [2.24, 2.45) is 5.92 Å². The van der Waals surface area contributed by atoms with E-state index in [9.17, 15) is 18.0 Å². The van der Waals surface area contributed by atoms with E-state index in [1.54, 1.807) is 6.07 Å². The Labute approximate surface area is 194 Å². The molecule has 0 saturated carbocycles. The van der Waals surface area contributed by atoms with Crippen LogP contribution in [0.15, 0.2) is 60.7 Å². The van der Waals surface area contributed by atoms with Gasteiger partial charge in [-0.3, -0.25) is 4.79 Å². The van der Waals surface area contributed by atoms with E-state index in [2.05, 4.69) is 44.7 Å². The molecule has 1 aliphatic heterocycles. The summed E-state index contributed by atoms with van der Waals surface area (Å²) < 4.78 is 38.8. The monoisotopic (exact) mass is 474 g/mol. The Hall–Kier alpha value is -3.13. The van der Waals surface area contributed by atoms with Crippen molar-refractivity contribution in [3.63, 3.8) is 0 Å². The number of aromatic nitrogens is 2. The molecule has 1 saturated heterocycles. The van der Waals surface area contributed by atoms with Gasteiger partial charge in [0.25, 0.3) is 5.91 Å². The Morgan fingerprint density at radius 2 is 1.76 bits per heavy atom. The van der Waals surface area contributed by atoms with Gasteiger partial charge in [0.15, 0.2) is 11.5 Å². The molecule has 1 N–H and O–H groups in total. The van der Waals surface area contributed by atoms with E-state index in [1.807, 2.05) is 6.07 Å². The summed E-state index contributed by atoms with van der Waals surface area (Å²) in [4.78, 5) is 14.6. The van der Waals surface area contributed by atoms with Crippen LogP contribution in [0.1, 0.15) is 34.5 Å². The van der Waals surface area contributed by atoms with Crippen LogP contribution in [0.4, 0.5) is 24.7 Å². The maximum absolute atomic E-state index is 12.9. The first kappa shape index (κ1) is 23.0. The number of anilines is 2. The first-order valence-corrected chi connectivity index (χ1v) is 11.0. The van der Waals surface area contributed by atoms with Gasteiger partial charge in [-0.25, -0.2) is 0 Å². The fourth-order valence-corrected chi connectivity index (χ4v) is 4.08. The van der Waals surface area contributed by atoms with Crippen LogP contribution >= 0.6 is 11.6 Å². The van der Waals surface area contributed by atoms with Crippen LogP contribution in [-0.2, 0) is 12.6 Å². The summed E-state index contributed by atoms with van der Waals surface area (Å²) in [5.74, 6) is 0.595. The van der Waals surface area contributed by atoms with Crippen LogP contribution in [0, 0.1) is 5.92 Å². The fraction of sp³-hybridized carbons (Fsp3) is 0.292. The number of nitrogens with zero attached hydrogens (tertiary/aromatic N) is 3. The predicted octanol–water partition coefficient (Wildman–Crippen LogP) is 5.86. The lowest BCUT2D eigenvalue weighted by Gasteiger charge is -2.32. The molecule has 3 aromatic rings. The minimum absolute atomic E-state index is 0.000645. The van der Waals surface area contributed by atoms with Gasteiger partial charge < -0.3 is 10.2 Å². The molecule has 9 heteroatoms. The molecule has 1 aliphatic rings. The number of amides is 1. The first-order valence-electron chi connectivity index (χ1n) is 10.6. The largest absolute Gasteiger partial charge is 0.416 e. The van der Waals surface area contributed by atoms with E-state index in [-0.39, 0.29) is 16.4 Å². The van der Waals surface area contributed by atoms with E-state index in [0.29, 0.717) is 11.7 Å². The highest BCUT2D eigenvalue weighted by Gasteiger charge is 2.31.